The third-order valence-electron chi connectivity index (χ3n) is 26.1. The maximum absolute atomic E-state index is 5.12. The summed E-state index contributed by atoms with van der Waals surface area (Å²) in [5.74, 6) is 2.01. The summed E-state index contributed by atoms with van der Waals surface area (Å²) < 4.78 is 0. The van der Waals surface area contributed by atoms with Gasteiger partial charge in [-0.2, -0.15) is 0 Å². The number of hydrogen-bond acceptors (Lipinski definition) is 16. The lowest BCUT2D eigenvalue weighted by atomic mass is 9.99. The second-order valence-electron chi connectivity index (χ2n) is 35.3. The van der Waals surface area contributed by atoms with E-state index < -0.39 is 0 Å². The fourth-order valence-corrected chi connectivity index (χ4v) is 18.2. The molecule has 8 heterocycles. The van der Waals surface area contributed by atoms with E-state index in [1.165, 1.54) is 49.7 Å². The normalized spacial score (nSPS) is 11.2. The SMILES string of the molecule is c1ccc(-c2ccc(-c3cc(-c4ccc(-c5ccc6ccccc6c5)cc4)nc(-c4ccc(-c5ccc6nccnc6c5)cc4)n3)cc2)cc1.c1ccc(-c2ccc(-c3cc(-c4ccc(-c5ccc6nccnc6c5)cc4)nc(-c4ccc(-c5ccc6nccnc6c5)cc4)n3)cc2)cc1.c1ccc(-c2ccc(-c3cc(-c4ccc(-c5cnc6nccnc6n5)cc4)nc(-c4ccc(-c5ccccc5)cc4)n3)cc2)cc1. The van der Waals surface area contributed by atoms with Gasteiger partial charge in [-0.25, -0.2) is 49.8 Å². The number of nitrogens with zero attached hydrogens (tertiary/aromatic N) is 16. The fraction of sp³-hybridized carbons (Fsp3) is 0. The predicted octanol–water partition coefficient (Wildman–Crippen LogP) is 31.2. The molecule has 26 aromatic rings. The summed E-state index contributed by atoms with van der Waals surface area (Å²) in [6.45, 7) is 0. The van der Waals surface area contributed by atoms with Crippen LogP contribution in [0.25, 0.3) is 257 Å². The zero-order valence-corrected chi connectivity index (χ0v) is 78.7. The Hall–Kier alpha value is -20.1. The number of rotatable bonds is 18. The van der Waals surface area contributed by atoms with Crippen LogP contribution in [0.4, 0.5) is 0 Å². The Morgan fingerprint density at radius 1 is 0.110 bits per heavy atom. The molecule has 16 nitrogen and oxygen atoms in total. The number of hydrogen-bond donors (Lipinski definition) is 0. The van der Waals surface area contributed by atoms with Crippen molar-refractivity contribution in [2.75, 3.05) is 0 Å². The van der Waals surface area contributed by atoms with E-state index in [0.29, 0.717) is 28.8 Å². The van der Waals surface area contributed by atoms with Gasteiger partial charge in [0.05, 0.1) is 79.2 Å². The number of benzene rings is 18. The topological polar surface area (TPSA) is 206 Å². The molecule has 0 radical (unpaired) electrons. The van der Waals surface area contributed by atoms with Crippen molar-refractivity contribution in [1.29, 1.82) is 0 Å². The average Bonchev–Trinajstić information content (AvgIpc) is 0.789. The third kappa shape index (κ3) is 19.5. The Balaban J connectivity index is 0.000000118. The van der Waals surface area contributed by atoms with Gasteiger partial charge in [-0.3, -0.25) is 29.9 Å². The minimum Gasteiger partial charge on any atom is -0.253 e. The average molecular weight is 1870 g/mol. The summed E-state index contributed by atoms with van der Waals surface area (Å²) >= 11 is 0. The van der Waals surface area contributed by atoms with Gasteiger partial charge in [-0.1, -0.05) is 394 Å². The van der Waals surface area contributed by atoms with Crippen LogP contribution in [-0.4, -0.2) is 79.7 Å². The Kier molecular flexibility index (Phi) is 24.5. The zero-order chi connectivity index (χ0) is 97.3. The highest BCUT2D eigenvalue weighted by Gasteiger charge is 2.20. The van der Waals surface area contributed by atoms with Gasteiger partial charge >= 0.3 is 0 Å². The third-order valence-corrected chi connectivity index (χ3v) is 26.1. The van der Waals surface area contributed by atoms with Crippen molar-refractivity contribution in [3.8, 4) is 202 Å². The van der Waals surface area contributed by atoms with Crippen molar-refractivity contribution in [3.63, 3.8) is 0 Å². The van der Waals surface area contributed by atoms with Crippen molar-refractivity contribution in [2.45, 2.75) is 0 Å². The molecule has 18 aromatic carbocycles. The lowest BCUT2D eigenvalue weighted by Gasteiger charge is -2.11. The largest absolute Gasteiger partial charge is 0.253 e. The van der Waals surface area contributed by atoms with E-state index in [2.05, 4.69) is 450 Å². The monoisotopic (exact) mass is 1870 g/mol. The summed E-state index contributed by atoms with van der Waals surface area (Å²) in [5.41, 5.74) is 40.3. The van der Waals surface area contributed by atoms with Crippen LogP contribution in [0, 0.1) is 0 Å². The highest BCUT2D eigenvalue weighted by molar-refractivity contribution is 5.91. The van der Waals surface area contributed by atoms with Gasteiger partial charge in [0.2, 0.25) is 0 Å². The molecule has 0 bridgehead atoms. The van der Waals surface area contributed by atoms with Gasteiger partial charge in [-0.15, -0.1) is 0 Å². The molecule has 0 spiro atoms. The van der Waals surface area contributed by atoms with Gasteiger partial charge < -0.3 is 0 Å². The van der Waals surface area contributed by atoms with E-state index in [1.54, 1.807) is 55.8 Å². The molecule has 8 aromatic heterocycles. The second kappa shape index (κ2) is 40.4. The lowest BCUT2D eigenvalue weighted by molar-refractivity contribution is 1.16. The molecular formula is C130H84N16. The first-order chi connectivity index (χ1) is 72.2. The van der Waals surface area contributed by atoms with Crippen LogP contribution >= 0.6 is 0 Å². The first kappa shape index (κ1) is 88.6. The minimum atomic E-state index is 0.519. The van der Waals surface area contributed by atoms with Gasteiger partial charge in [0.15, 0.2) is 28.8 Å². The molecule has 0 unspecified atom stereocenters. The Morgan fingerprint density at radius 2 is 0.315 bits per heavy atom. The quantitative estimate of drug-likeness (QED) is 0.0783. The van der Waals surface area contributed by atoms with Gasteiger partial charge in [0.25, 0.3) is 0 Å². The van der Waals surface area contributed by atoms with Gasteiger partial charge in [-0.05, 0) is 160 Å². The van der Waals surface area contributed by atoms with Crippen molar-refractivity contribution in [2.24, 2.45) is 0 Å². The maximum atomic E-state index is 5.12. The van der Waals surface area contributed by atoms with E-state index in [9.17, 15) is 0 Å². The highest BCUT2D eigenvalue weighted by atomic mass is 15.0. The Bertz CT molecular complexity index is 8450. The van der Waals surface area contributed by atoms with Crippen LogP contribution in [0.15, 0.2) is 511 Å². The van der Waals surface area contributed by atoms with Gasteiger partial charge in [0.1, 0.15) is 0 Å². The van der Waals surface area contributed by atoms with E-state index in [-0.39, 0.29) is 0 Å². The highest BCUT2D eigenvalue weighted by Crippen LogP contribution is 2.40. The van der Waals surface area contributed by atoms with E-state index in [1.807, 2.05) is 54.6 Å². The standard InChI is InChI=1S/C46H30N4.C44H28N6.C40H26N6/c1-2-6-31(7-3-1)33-10-17-36(18-11-33)43-30-44(37-19-12-34(13-20-37)40-23-16-32-8-4-5-9-39(32)28-40)50-46(49-43)38-21-14-35(15-22-38)41-24-25-42-45(29-41)48-27-26-47-42;1-2-4-29(5-3-1)30-6-12-33(13-7-30)40-28-41(34-14-8-31(9-15-34)36-18-20-38-42(26-36)47-24-22-45-38)50-44(49-40)35-16-10-32(11-17-35)37-19-21-39-43(27-37)48-25-23-46-39;1-3-7-27(8-4-1)29-11-15-31(16-12-29)35-25-36(45-38(44-35)34-21-13-30(14-22-34)28-9-5-2-6-10-28)32-17-19-33(20-18-32)37-26-43-39-40(46-37)42-24-23-41-39/h1-30H;1-28H;1-26H. The molecule has 684 valence electrons. The van der Waals surface area contributed by atoms with Gasteiger partial charge in [0, 0.05) is 105 Å². The molecule has 0 saturated heterocycles. The summed E-state index contributed by atoms with van der Waals surface area (Å²) in [6.07, 6.45) is 15.3. The van der Waals surface area contributed by atoms with E-state index >= 15 is 0 Å². The molecule has 0 atom stereocenters. The van der Waals surface area contributed by atoms with Crippen LogP contribution < -0.4 is 0 Å². The first-order valence-electron chi connectivity index (χ1n) is 48.1. The fourth-order valence-electron chi connectivity index (χ4n) is 18.2. The molecule has 0 aliphatic rings. The molecular weight excluding hydrogens is 1790 g/mol. The minimum absolute atomic E-state index is 0.519. The summed E-state index contributed by atoms with van der Waals surface area (Å²) in [7, 11) is 0. The molecule has 26 rings (SSSR count). The molecule has 0 aliphatic carbocycles. The maximum Gasteiger partial charge on any atom is 0.198 e. The summed E-state index contributed by atoms with van der Waals surface area (Å²) in [6, 6.07) is 158. The van der Waals surface area contributed by atoms with Crippen LogP contribution in [0.5, 0.6) is 0 Å². The first-order valence-corrected chi connectivity index (χ1v) is 48.1. The zero-order valence-electron chi connectivity index (χ0n) is 78.7. The molecule has 0 aliphatic heterocycles. The van der Waals surface area contributed by atoms with E-state index in [4.69, 9.17) is 29.9 Å². The van der Waals surface area contributed by atoms with E-state index in [0.717, 1.165) is 179 Å². The van der Waals surface area contributed by atoms with Crippen molar-refractivity contribution in [1.82, 2.24) is 79.7 Å². The van der Waals surface area contributed by atoms with Crippen LogP contribution in [0.2, 0.25) is 0 Å². The molecule has 0 amide bonds. The number of aromatic nitrogens is 16. The van der Waals surface area contributed by atoms with Crippen LogP contribution in [0.1, 0.15) is 0 Å². The summed E-state index contributed by atoms with van der Waals surface area (Å²) in [4.78, 5) is 74.8. The molecule has 0 fully saturated rings. The Labute approximate surface area is 842 Å². The summed E-state index contributed by atoms with van der Waals surface area (Å²) in [5, 5.41) is 2.48. The molecule has 146 heavy (non-hydrogen) atoms. The van der Waals surface area contributed by atoms with Crippen LogP contribution in [-0.2, 0) is 0 Å². The number of fused-ring (bicyclic) bond motifs is 5. The van der Waals surface area contributed by atoms with Crippen molar-refractivity contribution >= 4 is 55.2 Å². The predicted molar refractivity (Wildman–Crippen MR) is 589 cm³/mol. The lowest BCUT2D eigenvalue weighted by Crippen LogP contribution is -1.96. The molecule has 0 N–H and O–H groups in total. The van der Waals surface area contributed by atoms with Crippen LogP contribution in [0.3, 0.4) is 0 Å². The molecule has 0 saturated carbocycles. The second-order valence-corrected chi connectivity index (χ2v) is 35.3. The Morgan fingerprint density at radius 3 is 0.610 bits per heavy atom. The van der Waals surface area contributed by atoms with Crippen molar-refractivity contribution < 1.29 is 0 Å². The smallest absolute Gasteiger partial charge is 0.198 e. The van der Waals surface area contributed by atoms with Crippen molar-refractivity contribution in [3.05, 3.63) is 511 Å². The molecule has 16 heteroatoms.